The summed E-state index contributed by atoms with van der Waals surface area (Å²) in [7, 11) is 1.66. The van der Waals surface area contributed by atoms with Crippen LogP contribution in [0.2, 0.25) is 5.02 Å². The second-order valence-electron chi connectivity index (χ2n) is 8.15. The summed E-state index contributed by atoms with van der Waals surface area (Å²) in [5, 5.41) is 10.3. The molecule has 2 saturated heterocycles. The highest BCUT2D eigenvalue weighted by atomic mass is 35.5. The van der Waals surface area contributed by atoms with Crippen molar-refractivity contribution >= 4 is 29.2 Å². The maximum absolute atomic E-state index is 13.6. The van der Waals surface area contributed by atoms with E-state index in [2.05, 4.69) is 4.90 Å². The van der Waals surface area contributed by atoms with Crippen LogP contribution in [0.5, 0.6) is 5.75 Å². The Hall–Kier alpha value is -2.73. The van der Waals surface area contributed by atoms with Crippen LogP contribution in [-0.4, -0.2) is 48.1 Å². The Balaban J connectivity index is 1.52. The first-order valence-electron chi connectivity index (χ1n) is 10.7. The molecule has 2 heterocycles. The van der Waals surface area contributed by atoms with E-state index in [0.29, 0.717) is 30.7 Å². The number of carbonyl (C=O) groups excluding carboxylic acids is 1. The molecule has 31 heavy (non-hydrogen) atoms. The van der Waals surface area contributed by atoms with E-state index < -0.39 is 12.0 Å². The predicted octanol–water partition coefficient (Wildman–Crippen LogP) is 4.38. The maximum Gasteiger partial charge on any atom is 0.326 e. The number of rotatable bonds is 5. The number of piperidine rings is 1. The monoisotopic (exact) mass is 442 g/mol. The van der Waals surface area contributed by atoms with Crippen molar-refractivity contribution in [2.45, 2.75) is 37.8 Å². The van der Waals surface area contributed by atoms with Crippen molar-refractivity contribution in [1.82, 2.24) is 4.90 Å². The standard InChI is InChI=1S/C24H27ClN2O4/c1-31-22-9-5-4-8-20(22)26-14-12-16(13-15-26)23(28)27-19(10-11-21(27)24(29)30)17-6-2-3-7-18(17)25/h2-9,16,19,21H,10-15H2,1H3,(H,29,30)/t19-,21+/m1/s1. The first-order valence-corrected chi connectivity index (χ1v) is 11.1. The van der Waals surface area contributed by atoms with E-state index in [0.717, 1.165) is 30.1 Å². The van der Waals surface area contributed by atoms with Crippen molar-refractivity contribution in [3.05, 3.63) is 59.1 Å². The van der Waals surface area contributed by atoms with E-state index in [1.165, 1.54) is 0 Å². The molecule has 0 bridgehead atoms. The lowest BCUT2D eigenvalue weighted by Gasteiger charge is -2.37. The maximum atomic E-state index is 13.6. The number of carboxylic acids is 1. The largest absolute Gasteiger partial charge is 0.495 e. The topological polar surface area (TPSA) is 70.1 Å². The summed E-state index contributed by atoms with van der Waals surface area (Å²) < 4.78 is 5.47. The summed E-state index contributed by atoms with van der Waals surface area (Å²) in [5.41, 5.74) is 1.85. The Morgan fingerprint density at radius 3 is 2.35 bits per heavy atom. The van der Waals surface area contributed by atoms with Crippen molar-refractivity contribution < 1.29 is 19.4 Å². The summed E-state index contributed by atoms with van der Waals surface area (Å²) in [6.07, 6.45) is 2.40. The number of para-hydroxylation sites is 2. The quantitative estimate of drug-likeness (QED) is 0.744. The SMILES string of the molecule is COc1ccccc1N1CCC(C(=O)N2[C@@H](c3ccccc3Cl)CC[C@H]2C(=O)O)CC1. The van der Waals surface area contributed by atoms with E-state index in [1.807, 2.05) is 42.5 Å². The van der Waals surface area contributed by atoms with Crippen LogP contribution in [0.3, 0.4) is 0 Å². The molecule has 0 radical (unpaired) electrons. The number of carbonyl (C=O) groups is 2. The number of nitrogens with zero attached hydrogens (tertiary/aromatic N) is 2. The molecule has 0 unspecified atom stereocenters. The van der Waals surface area contributed by atoms with E-state index in [4.69, 9.17) is 16.3 Å². The number of carboxylic acid groups (broad SMARTS) is 1. The van der Waals surface area contributed by atoms with Gasteiger partial charge in [-0.3, -0.25) is 4.79 Å². The van der Waals surface area contributed by atoms with Gasteiger partial charge in [-0.1, -0.05) is 41.9 Å². The zero-order valence-electron chi connectivity index (χ0n) is 17.5. The van der Waals surface area contributed by atoms with Crippen LogP contribution >= 0.6 is 11.6 Å². The normalized spacial score (nSPS) is 21.9. The van der Waals surface area contributed by atoms with Gasteiger partial charge in [0, 0.05) is 24.0 Å². The molecule has 1 amide bonds. The molecule has 2 aliphatic rings. The summed E-state index contributed by atoms with van der Waals surface area (Å²) >= 11 is 6.40. The second-order valence-corrected chi connectivity index (χ2v) is 8.55. The van der Waals surface area contributed by atoms with Crippen molar-refractivity contribution in [3.63, 3.8) is 0 Å². The number of hydrogen-bond acceptors (Lipinski definition) is 4. The summed E-state index contributed by atoms with van der Waals surface area (Å²) in [4.78, 5) is 29.3. The fourth-order valence-corrected chi connectivity index (χ4v) is 5.14. The van der Waals surface area contributed by atoms with E-state index in [-0.39, 0.29) is 17.9 Å². The van der Waals surface area contributed by atoms with Gasteiger partial charge in [-0.25, -0.2) is 4.79 Å². The van der Waals surface area contributed by atoms with Crippen LogP contribution in [0.25, 0.3) is 0 Å². The fourth-order valence-electron chi connectivity index (χ4n) is 4.88. The van der Waals surface area contributed by atoms with Crippen molar-refractivity contribution in [1.29, 1.82) is 0 Å². The van der Waals surface area contributed by atoms with Gasteiger partial charge in [0.2, 0.25) is 5.91 Å². The van der Waals surface area contributed by atoms with Gasteiger partial charge >= 0.3 is 5.97 Å². The van der Waals surface area contributed by atoms with Crippen LogP contribution in [0.4, 0.5) is 5.69 Å². The molecular weight excluding hydrogens is 416 g/mol. The van der Waals surface area contributed by atoms with Crippen LogP contribution < -0.4 is 9.64 Å². The number of aliphatic carboxylic acids is 1. The van der Waals surface area contributed by atoms with Crippen LogP contribution in [0, 0.1) is 5.92 Å². The van der Waals surface area contributed by atoms with Gasteiger partial charge < -0.3 is 19.6 Å². The Morgan fingerprint density at radius 1 is 1.00 bits per heavy atom. The third-order valence-corrected chi connectivity index (χ3v) is 6.80. The zero-order valence-corrected chi connectivity index (χ0v) is 18.3. The average molecular weight is 443 g/mol. The highest BCUT2D eigenvalue weighted by molar-refractivity contribution is 6.31. The number of methoxy groups -OCH3 is 1. The third kappa shape index (κ3) is 4.22. The molecule has 2 fully saturated rings. The molecule has 0 saturated carbocycles. The summed E-state index contributed by atoms with van der Waals surface area (Å²) in [6.45, 7) is 1.44. The number of anilines is 1. The number of amides is 1. The summed E-state index contributed by atoms with van der Waals surface area (Å²) in [6, 6.07) is 14.2. The highest BCUT2D eigenvalue weighted by Crippen LogP contribution is 2.41. The lowest BCUT2D eigenvalue weighted by atomic mass is 9.93. The van der Waals surface area contributed by atoms with Gasteiger partial charge in [0.05, 0.1) is 18.8 Å². The van der Waals surface area contributed by atoms with E-state index >= 15 is 0 Å². The first kappa shape index (κ1) is 21.5. The molecule has 4 rings (SSSR count). The highest BCUT2D eigenvalue weighted by Gasteiger charge is 2.44. The van der Waals surface area contributed by atoms with Gasteiger partial charge in [-0.05, 0) is 49.4 Å². The number of halogens is 1. The lowest BCUT2D eigenvalue weighted by Crippen LogP contribution is -2.47. The predicted molar refractivity (Wildman–Crippen MR) is 120 cm³/mol. The van der Waals surface area contributed by atoms with Gasteiger partial charge in [0.15, 0.2) is 0 Å². The number of hydrogen-bond donors (Lipinski definition) is 1. The molecule has 0 aliphatic carbocycles. The van der Waals surface area contributed by atoms with Crippen molar-refractivity contribution in [2.75, 3.05) is 25.1 Å². The lowest BCUT2D eigenvalue weighted by molar-refractivity contribution is -0.152. The van der Waals surface area contributed by atoms with E-state index in [1.54, 1.807) is 18.1 Å². The van der Waals surface area contributed by atoms with Gasteiger partial charge in [0.25, 0.3) is 0 Å². The van der Waals surface area contributed by atoms with Crippen LogP contribution in [-0.2, 0) is 9.59 Å². The fraction of sp³-hybridized carbons (Fsp3) is 0.417. The van der Waals surface area contributed by atoms with Gasteiger partial charge in [-0.2, -0.15) is 0 Å². The van der Waals surface area contributed by atoms with Crippen molar-refractivity contribution in [2.24, 2.45) is 5.92 Å². The minimum absolute atomic E-state index is 0.0745. The van der Waals surface area contributed by atoms with Crippen molar-refractivity contribution in [3.8, 4) is 5.75 Å². The number of likely N-dealkylation sites (tertiary alicyclic amines) is 1. The van der Waals surface area contributed by atoms with Gasteiger partial charge in [-0.15, -0.1) is 0 Å². The Morgan fingerprint density at radius 2 is 1.68 bits per heavy atom. The van der Waals surface area contributed by atoms with Crippen LogP contribution in [0.15, 0.2) is 48.5 Å². The molecule has 0 aromatic heterocycles. The molecular formula is C24H27ClN2O4. The molecule has 2 aliphatic heterocycles. The Bertz CT molecular complexity index is 958. The Labute approximate surface area is 187 Å². The molecule has 1 N–H and O–H groups in total. The van der Waals surface area contributed by atoms with Gasteiger partial charge in [0.1, 0.15) is 11.8 Å². The molecule has 7 heteroatoms. The third-order valence-electron chi connectivity index (χ3n) is 6.46. The number of benzene rings is 2. The molecule has 6 nitrogen and oxygen atoms in total. The minimum Gasteiger partial charge on any atom is -0.495 e. The smallest absolute Gasteiger partial charge is 0.326 e. The molecule has 0 spiro atoms. The number of ether oxygens (including phenoxy) is 1. The molecule has 164 valence electrons. The average Bonchev–Trinajstić information content (AvgIpc) is 3.24. The second kappa shape index (κ2) is 9.18. The minimum atomic E-state index is -0.950. The molecule has 2 aromatic carbocycles. The zero-order chi connectivity index (χ0) is 22.0. The first-order chi connectivity index (χ1) is 15.0. The molecule has 2 aromatic rings. The summed E-state index contributed by atoms with van der Waals surface area (Å²) in [5.74, 6) is -0.406. The van der Waals surface area contributed by atoms with Crippen LogP contribution in [0.1, 0.15) is 37.3 Å². The Kier molecular flexibility index (Phi) is 6.37. The molecule has 2 atom stereocenters. The van der Waals surface area contributed by atoms with E-state index in [9.17, 15) is 14.7 Å².